The zero-order chi connectivity index (χ0) is 19.6. The number of piperazine rings is 1. The van der Waals surface area contributed by atoms with Gasteiger partial charge in [-0.25, -0.2) is 12.8 Å². The van der Waals surface area contributed by atoms with Gasteiger partial charge in [-0.2, -0.15) is 0 Å². The predicted molar refractivity (Wildman–Crippen MR) is 96.4 cm³/mol. The first-order valence-electron chi connectivity index (χ1n) is 8.58. The van der Waals surface area contributed by atoms with E-state index in [0.717, 1.165) is 0 Å². The highest BCUT2D eigenvalue weighted by Gasteiger charge is 2.48. The Balaban J connectivity index is 1.71. The zero-order valence-corrected chi connectivity index (χ0v) is 15.7. The van der Waals surface area contributed by atoms with E-state index in [2.05, 4.69) is 5.32 Å². The Morgan fingerprint density at radius 2 is 1.93 bits per heavy atom. The van der Waals surface area contributed by atoms with E-state index in [0.29, 0.717) is 13.1 Å². The molecule has 2 saturated heterocycles. The number of halogens is 1. The predicted octanol–water partition coefficient (Wildman–Crippen LogP) is -0.280. The van der Waals surface area contributed by atoms with Gasteiger partial charge in [-0.3, -0.25) is 14.5 Å². The lowest BCUT2D eigenvalue weighted by atomic mass is 10.0. The lowest BCUT2D eigenvalue weighted by molar-refractivity contribution is -0.141. The number of ether oxygens (including phenoxy) is 1. The van der Waals surface area contributed by atoms with E-state index in [-0.39, 0.29) is 36.3 Å². The molecule has 1 aromatic carbocycles. The molecule has 0 bridgehead atoms. The number of methoxy groups -OCH3 is 1. The van der Waals surface area contributed by atoms with Gasteiger partial charge in [-0.1, -0.05) is 12.1 Å². The smallest absolute Gasteiger partial charge is 0.248 e. The summed E-state index contributed by atoms with van der Waals surface area (Å²) in [6.07, 6.45) is 0. The molecule has 2 aliphatic heterocycles. The SMILES string of the molecule is COCC(=O)N1CCN(CC(=O)Nc2ccccc2F)[C@H]2CS(=O)(=O)C[C@H]21. The number of hydrogen-bond donors (Lipinski definition) is 1. The summed E-state index contributed by atoms with van der Waals surface area (Å²) >= 11 is 0. The first-order chi connectivity index (χ1) is 12.8. The second kappa shape index (κ2) is 7.91. The molecule has 0 radical (unpaired) electrons. The number of nitrogens with zero attached hydrogens (tertiary/aromatic N) is 2. The fraction of sp³-hybridized carbons (Fsp3) is 0.529. The number of hydrogen-bond acceptors (Lipinski definition) is 6. The van der Waals surface area contributed by atoms with Crippen molar-refractivity contribution in [2.24, 2.45) is 0 Å². The third-order valence-corrected chi connectivity index (χ3v) is 6.57. The highest BCUT2D eigenvalue weighted by Crippen LogP contribution is 2.27. The number of carbonyl (C=O) groups excluding carboxylic acids is 2. The zero-order valence-electron chi connectivity index (χ0n) is 14.9. The lowest BCUT2D eigenvalue weighted by Crippen LogP contribution is -2.62. The van der Waals surface area contributed by atoms with Crippen LogP contribution in [0.1, 0.15) is 0 Å². The fourth-order valence-corrected chi connectivity index (χ4v) is 5.69. The Kier molecular flexibility index (Phi) is 5.78. The fourth-order valence-electron chi connectivity index (χ4n) is 3.67. The Hall–Kier alpha value is -2.04. The summed E-state index contributed by atoms with van der Waals surface area (Å²) < 4.78 is 42.9. The molecule has 10 heteroatoms. The molecule has 148 valence electrons. The number of carbonyl (C=O) groups is 2. The van der Waals surface area contributed by atoms with E-state index in [1.54, 1.807) is 11.0 Å². The topological polar surface area (TPSA) is 96.0 Å². The lowest BCUT2D eigenvalue weighted by Gasteiger charge is -2.43. The maximum absolute atomic E-state index is 13.7. The van der Waals surface area contributed by atoms with Crippen LogP contribution in [-0.2, 0) is 24.2 Å². The van der Waals surface area contributed by atoms with Crippen molar-refractivity contribution >= 4 is 27.3 Å². The minimum atomic E-state index is -3.31. The Bertz CT molecular complexity index is 832. The van der Waals surface area contributed by atoms with Gasteiger partial charge in [0.1, 0.15) is 12.4 Å². The number of anilines is 1. The summed E-state index contributed by atoms with van der Waals surface area (Å²) in [4.78, 5) is 27.8. The molecule has 0 saturated carbocycles. The Morgan fingerprint density at radius 1 is 1.22 bits per heavy atom. The van der Waals surface area contributed by atoms with Crippen molar-refractivity contribution in [3.63, 3.8) is 0 Å². The van der Waals surface area contributed by atoms with Crippen LogP contribution in [0.4, 0.5) is 10.1 Å². The van der Waals surface area contributed by atoms with Crippen molar-refractivity contribution < 1.29 is 27.1 Å². The van der Waals surface area contributed by atoms with Gasteiger partial charge in [-0.15, -0.1) is 0 Å². The molecule has 0 spiro atoms. The molecule has 0 aromatic heterocycles. The summed E-state index contributed by atoms with van der Waals surface area (Å²) in [7, 11) is -1.91. The van der Waals surface area contributed by atoms with Gasteiger partial charge >= 0.3 is 0 Å². The van der Waals surface area contributed by atoms with E-state index in [4.69, 9.17) is 4.74 Å². The Labute approximate surface area is 157 Å². The summed E-state index contributed by atoms with van der Waals surface area (Å²) in [5.74, 6) is -1.47. The monoisotopic (exact) mass is 399 g/mol. The van der Waals surface area contributed by atoms with Crippen LogP contribution < -0.4 is 5.32 Å². The molecule has 1 aromatic rings. The van der Waals surface area contributed by atoms with Crippen molar-refractivity contribution in [3.05, 3.63) is 30.1 Å². The number of amides is 2. The minimum absolute atomic E-state index is 0.0721. The van der Waals surface area contributed by atoms with E-state index < -0.39 is 33.6 Å². The molecule has 3 rings (SSSR count). The minimum Gasteiger partial charge on any atom is -0.375 e. The van der Waals surface area contributed by atoms with Crippen LogP contribution in [-0.4, -0.2) is 87.0 Å². The number of benzene rings is 1. The summed E-state index contributed by atoms with van der Waals surface area (Å²) in [5, 5.41) is 2.51. The maximum atomic E-state index is 13.7. The third kappa shape index (κ3) is 4.45. The normalized spacial score (nSPS) is 24.4. The summed E-state index contributed by atoms with van der Waals surface area (Å²) in [6.45, 7) is 0.483. The molecule has 0 aliphatic carbocycles. The average Bonchev–Trinajstić information content (AvgIpc) is 2.93. The van der Waals surface area contributed by atoms with Gasteiger partial charge in [0.2, 0.25) is 11.8 Å². The first kappa shape index (κ1) is 19.7. The van der Waals surface area contributed by atoms with Gasteiger partial charge in [-0.05, 0) is 12.1 Å². The number of nitrogens with one attached hydrogen (secondary N) is 1. The molecule has 2 aliphatic rings. The van der Waals surface area contributed by atoms with Crippen LogP contribution in [0.2, 0.25) is 0 Å². The van der Waals surface area contributed by atoms with Crippen LogP contribution in [0.15, 0.2) is 24.3 Å². The Morgan fingerprint density at radius 3 is 2.63 bits per heavy atom. The summed E-state index contributed by atoms with van der Waals surface area (Å²) in [6, 6.07) is 4.86. The van der Waals surface area contributed by atoms with Crippen LogP contribution >= 0.6 is 0 Å². The first-order valence-corrected chi connectivity index (χ1v) is 10.4. The van der Waals surface area contributed by atoms with E-state index in [1.165, 1.54) is 30.2 Å². The quantitative estimate of drug-likeness (QED) is 0.732. The average molecular weight is 399 g/mol. The van der Waals surface area contributed by atoms with Crippen LogP contribution in [0.3, 0.4) is 0 Å². The van der Waals surface area contributed by atoms with Crippen LogP contribution in [0.25, 0.3) is 0 Å². The van der Waals surface area contributed by atoms with Gasteiger partial charge in [0.25, 0.3) is 0 Å². The molecule has 1 N–H and O–H groups in total. The van der Waals surface area contributed by atoms with E-state index in [9.17, 15) is 22.4 Å². The molecule has 2 amide bonds. The van der Waals surface area contributed by atoms with E-state index >= 15 is 0 Å². The second-order valence-corrected chi connectivity index (χ2v) is 8.88. The van der Waals surface area contributed by atoms with Gasteiger partial charge < -0.3 is 15.0 Å². The standard InChI is InChI=1S/C17H22FN3O5S/c1-26-9-17(23)21-7-6-20(14-10-27(24,25)11-15(14)21)8-16(22)19-13-5-3-2-4-12(13)18/h2-5,14-15H,6-11H2,1H3,(H,19,22)/t14-,15+/m0/s1. The van der Waals surface area contributed by atoms with Crippen molar-refractivity contribution in [2.75, 3.05) is 50.2 Å². The van der Waals surface area contributed by atoms with Gasteiger partial charge in [0.15, 0.2) is 9.84 Å². The van der Waals surface area contributed by atoms with Gasteiger partial charge in [0.05, 0.1) is 29.8 Å². The van der Waals surface area contributed by atoms with Crippen molar-refractivity contribution in [1.29, 1.82) is 0 Å². The van der Waals surface area contributed by atoms with Crippen LogP contribution in [0.5, 0.6) is 0 Å². The van der Waals surface area contributed by atoms with Crippen LogP contribution in [0, 0.1) is 5.82 Å². The number of sulfone groups is 1. The van der Waals surface area contributed by atoms with Gasteiger partial charge in [0, 0.05) is 26.2 Å². The third-order valence-electron chi connectivity index (χ3n) is 4.87. The highest BCUT2D eigenvalue weighted by molar-refractivity contribution is 7.91. The molecular formula is C17H22FN3O5S. The number of rotatable bonds is 5. The highest BCUT2D eigenvalue weighted by atomic mass is 32.2. The largest absolute Gasteiger partial charge is 0.375 e. The van der Waals surface area contributed by atoms with E-state index in [1.807, 2.05) is 0 Å². The van der Waals surface area contributed by atoms with Crippen molar-refractivity contribution in [1.82, 2.24) is 9.80 Å². The number of fused-ring (bicyclic) bond motifs is 1. The number of para-hydroxylation sites is 1. The maximum Gasteiger partial charge on any atom is 0.248 e. The molecule has 8 nitrogen and oxygen atoms in total. The second-order valence-electron chi connectivity index (χ2n) is 6.73. The molecule has 2 heterocycles. The van der Waals surface area contributed by atoms with Crippen molar-refractivity contribution in [2.45, 2.75) is 12.1 Å². The molecular weight excluding hydrogens is 377 g/mol. The molecule has 0 unspecified atom stereocenters. The van der Waals surface area contributed by atoms with Crippen molar-refractivity contribution in [3.8, 4) is 0 Å². The summed E-state index contributed by atoms with van der Waals surface area (Å²) in [5.41, 5.74) is 0.0759. The molecule has 2 fully saturated rings. The molecule has 27 heavy (non-hydrogen) atoms. The molecule has 2 atom stereocenters.